The molecule has 0 unspecified atom stereocenters. The molecule has 4 aromatic rings. The van der Waals surface area contributed by atoms with Crippen LogP contribution < -0.4 is 0 Å². The lowest BCUT2D eigenvalue weighted by Crippen LogP contribution is -1.86. The topological polar surface area (TPSA) is 0 Å². The predicted molar refractivity (Wildman–Crippen MR) is 184 cm³/mol. The average Bonchev–Trinajstić information content (AvgIpc) is 3.69. The zero-order valence-corrected chi connectivity index (χ0v) is 29.2. The normalized spacial score (nSPS) is 11.6. The minimum atomic E-state index is 1.19. The summed E-state index contributed by atoms with van der Waals surface area (Å²) >= 11 is 15.2. The van der Waals surface area contributed by atoms with Gasteiger partial charge in [0.15, 0.2) is 0 Å². The fourth-order valence-electron chi connectivity index (χ4n) is 4.95. The monoisotopic (exact) mass is 710 g/mol. The zero-order valence-electron chi connectivity index (χ0n) is 22.8. The molecular weight excluding hydrogens is 672 g/mol. The van der Waals surface area contributed by atoms with Gasteiger partial charge in [-0.3, -0.25) is 0 Å². The van der Waals surface area contributed by atoms with Crippen molar-refractivity contribution in [3.63, 3.8) is 0 Å². The third kappa shape index (κ3) is 8.88. The number of hydrogen-bond donors (Lipinski definition) is 0. The van der Waals surface area contributed by atoms with Crippen LogP contribution in [0.15, 0.2) is 44.0 Å². The van der Waals surface area contributed by atoms with Crippen molar-refractivity contribution in [1.29, 1.82) is 0 Å². The van der Waals surface area contributed by atoms with Crippen LogP contribution in [0.3, 0.4) is 0 Å². The van der Waals surface area contributed by atoms with Gasteiger partial charge in [0, 0.05) is 29.3 Å². The molecule has 0 saturated carbocycles. The Bertz CT molecular complexity index is 1150. The van der Waals surface area contributed by atoms with E-state index in [0.717, 1.165) is 0 Å². The van der Waals surface area contributed by atoms with E-state index in [9.17, 15) is 0 Å². The first-order chi connectivity index (χ1) is 18.6. The zero-order chi connectivity index (χ0) is 26.7. The number of rotatable bonds is 17. The Morgan fingerprint density at radius 2 is 0.842 bits per heavy atom. The van der Waals surface area contributed by atoms with E-state index < -0.39 is 0 Å². The molecule has 4 aromatic heterocycles. The average molecular weight is 713 g/mol. The molecule has 6 heteroatoms. The molecule has 0 aliphatic carbocycles. The maximum Gasteiger partial charge on any atom is 0.0708 e. The van der Waals surface area contributed by atoms with E-state index in [1.165, 1.54) is 138 Å². The molecule has 0 amide bonds. The third-order valence-electron chi connectivity index (χ3n) is 7.06. The lowest BCUT2D eigenvalue weighted by molar-refractivity contribution is 0.608. The standard InChI is InChI=1S/C32H40Br2S4/c1-3-5-7-9-11-13-15-23-21-29(33)37-31(23)27-19-17-25(35-27)26-18-20-28(36-26)32-24(22-30(34)38-32)16-14-12-10-8-6-4-2/h17-22H,3-16H2,1-2H3. The Balaban J connectivity index is 1.40. The number of halogens is 2. The summed E-state index contributed by atoms with van der Waals surface area (Å²) in [6, 6.07) is 14.1. The van der Waals surface area contributed by atoms with Crippen molar-refractivity contribution in [3.8, 4) is 29.3 Å². The molecule has 0 aromatic carbocycles. The Morgan fingerprint density at radius 1 is 0.474 bits per heavy atom. The van der Waals surface area contributed by atoms with Crippen molar-refractivity contribution in [2.45, 2.75) is 104 Å². The maximum atomic E-state index is 3.77. The van der Waals surface area contributed by atoms with Crippen LogP contribution in [0.25, 0.3) is 29.3 Å². The van der Waals surface area contributed by atoms with E-state index in [1.807, 2.05) is 45.3 Å². The minimum absolute atomic E-state index is 1.19. The van der Waals surface area contributed by atoms with Gasteiger partial charge in [0.25, 0.3) is 0 Å². The summed E-state index contributed by atoms with van der Waals surface area (Å²) < 4.78 is 2.51. The van der Waals surface area contributed by atoms with Gasteiger partial charge in [0.05, 0.1) is 7.57 Å². The molecule has 0 nitrogen and oxygen atoms in total. The van der Waals surface area contributed by atoms with Crippen molar-refractivity contribution in [2.24, 2.45) is 0 Å². The molecule has 0 N–H and O–H groups in total. The van der Waals surface area contributed by atoms with E-state index in [4.69, 9.17) is 0 Å². The first-order valence-electron chi connectivity index (χ1n) is 14.4. The van der Waals surface area contributed by atoms with Gasteiger partial charge in [0.1, 0.15) is 0 Å². The molecule has 0 fully saturated rings. The van der Waals surface area contributed by atoms with Crippen LogP contribution in [-0.2, 0) is 12.8 Å². The van der Waals surface area contributed by atoms with Crippen molar-refractivity contribution in [2.75, 3.05) is 0 Å². The maximum absolute atomic E-state index is 3.77. The Hall–Kier alpha value is -0.240. The second-order valence-corrected chi connectivity index (χ2v) is 17.2. The molecule has 206 valence electrons. The summed E-state index contributed by atoms with van der Waals surface area (Å²) in [4.78, 5) is 8.52. The number of thiophene rings is 4. The second kappa shape index (κ2) is 16.3. The first-order valence-corrected chi connectivity index (χ1v) is 19.2. The molecule has 38 heavy (non-hydrogen) atoms. The Kier molecular flexibility index (Phi) is 13.1. The lowest BCUT2D eigenvalue weighted by atomic mass is 10.1. The number of unbranched alkanes of at least 4 members (excludes halogenated alkanes) is 10. The van der Waals surface area contributed by atoms with Gasteiger partial charge in [-0.15, -0.1) is 45.3 Å². The van der Waals surface area contributed by atoms with E-state index in [1.54, 1.807) is 0 Å². The van der Waals surface area contributed by atoms with Crippen molar-refractivity contribution in [1.82, 2.24) is 0 Å². The van der Waals surface area contributed by atoms with Gasteiger partial charge in [0.2, 0.25) is 0 Å². The predicted octanol–water partition coefficient (Wildman–Crippen LogP) is 14.3. The highest BCUT2D eigenvalue weighted by Gasteiger charge is 2.16. The molecule has 0 aliphatic heterocycles. The summed E-state index contributed by atoms with van der Waals surface area (Å²) in [6.07, 6.45) is 18.6. The molecule has 0 bridgehead atoms. The highest BCUT2D eigenvalue weighted by molar-refractivity contribution is 9.11. The van der Waals surface area contributed by atoms with Crippen LogP contribution in [0.5, 0.6) is 0 Å². The van der Waals surface area contributed by atoms with Crippen LogP contribution >= 0.6 is 77.2 Å². The van der Waals surface area contributed by atoms with Crippen molar-refractivity contribution >= 4 is 77.2 Å². The highest BCUT2D eigenvalue weighted by Crippen LogP contribution is 2.46. The first kappa shape index (κ1) is 30.7. The van der Waals surface area contributed by atoms with Gasteiger partial charge in [-0.25, -0.2) is 0 Å². The quantitative estimate of drug-likeness (QED) is 0.0956. The smallest absolute Gasteiger partial charge is 0.0708 e. The highest BCUT2D eigenvalue weighted by atomic mass is 79.9. The molecule has 0 radical (unpaired) electrons. The van der Waals surface area contributed by atoms with Crippen LogP contribution in [0.1, 0.15) is 102 Å². The molecule has 0 spiro atoms. The van der Waals surface area contributed by atoms with Gasteiger partial charge >= 0.3 is 0 Å². The molecule has 0 atom stereocenters. The van der Waals surface area contributed by atoms with E-state index in [-0.39, 0.29) is 0 Å². The van der Waals surface area contributed by atoms with Gasteiger partial charge in [-0.1, -0.05) is 78.1 Å². The molecule has 4 heterocycles. The fourth-order valence-corrected chi connectivity index (χ4v) is 10.7. The summed E-state index contributed by atoms with van der Waals surface area (Å²) in [5, 5.41) is 0. The summed E-state index contributed by atoms with van der Waals surface area (Å²) in [6.45, 7) is 4.58. The van der Waals surface area contributed by atoms with Gasteiger partial charge in [-0.2, -0.15) is 0 Å². The summed E-state index contributed by atoms with van der Waals surface area (Å²) in [5.41, 5.74) is 3.03. The van der Waals surface area contributed by atoms with E-state index in [2.05, 4.69) is 82.1 Å². The van der Waals surface area contributed by atoms with Gasteiger partial charge < -0.3 is 0 Å². The second-order valence-electron chi connectivity index (χ2n) is 10.2. The number of aryl methyl sites for hydroxylation is 2. The minimum Gasteiger partial charge on any atom is -0.134 e. The largest absolute Gasteiger partial charge is 0.134 e. The van der Waals surface area contributed by atoms with Crippen LogP contribution in [0.4, 0.5) is 0 Å². The summed E-state index contributed by atoms with van der Waals surface area (Å²) in [5.74, 6) is 0. The van der Waals surface area contributed by atoms with Crippen molar-refractivity contribution < 1.29 is 0 Å². The third-order valence-corrected chi connectivity index (χ3v) is 13.1. The Labute approximate surface area is 263 Å². The molecule has 0 aliphatic rings. The van der Waals surface area contributed by atoms with E-state index >= 15 is 0 Å². The Morgan fingerprint density at radius 3 is 1.26 bits per heavy atom. The molecular formula is C32H40Br2S4. The van der Waals surface area contributed by atoms with E-state index in [0.29, 0.717) is 0 Å². The lowest BCUT2D eigenvalue weighted by Gasteiger charge is -2.03. The summed E-state index contributed by atoms with van der Waals surface area (Å²) in [7, 11) is 0. The molecule has 0 saturated heterocycles. The fraction of sp³-hybridized carbons (Fsp3) is 0.500. The van der Waals surface area contributed by atoms with Crippen LogP contribution in [-0.4, -0.2) is 0 Å². The number of hydrogen-bond acceptors (Lipinski definition) is 4. The van der Waals surface area contributed by atoms with Gasteiger partial charge in [-0.05, 0) is 105 Å². The molecule has 4 rings (SSSR count). The van der Waals surface area contributed by atoms with Crippen molar-refractivity contribution in [3.05, 3.63) is 55.1 Å². The van der Waals surface area contributed by atoms with Crippen LogP contribution in [0.2, 0.25) is 0 Å². The van der Waals surface area contributed by atoms with Crippen LogP contribution in [0, 0.1) is 0 Å². The SMILES string of the molecule is CCCCCCCCc1cc(Br)sc1-c1ccc(-c2ccc(-c3sc(Br)cc3CCCCCCCC)s2)s1.